The number of aromatic nitrogens is 2. The zero-order chi connectivity index (χ0) is 24.7. The van der Waals surface area contributed by atoms with Crippen LogP contribution in [0.2, 0.25) is 0 Å². The van der Waals surface area contributed by atoms with E-state index in [1.165, 1.54) is 0 Å². The van der Waals surface area contributed by atoms with Gasteiger partial charge in [-0.2, -0.15) is 5.10 Å². The molecule has 2 aliphatic heterocycles. The molecular weight excluding hydrogens is 444 g/mol. The molecule has 1 fully saturated rings. The molecule has 1 saturated heterocycles. The third-order valence-electron chi connectivity index (χ3n) is 7.09. The third-order valence-corrected chi connectivity index (χ3v) is 7.09. The molecule has 1 N–H and O–H groups in total. The lowest BCUT2D eigenvalue weighted by atomic mass is 9.91. The summed E-state index contributed by atoms with van der Waals surface area (Å²) in [5, 5.41) is 19.9. The third kappa shape index (κ3) is 4.38. The first-order chi connectivity index (χ1) is 16.7. The fourth-order valence-electron chi connectivity index (χ4n) is 5.22. The monoisotopic (exact) mass is 476 g/mol. The normalized spacial score (nSPS) is 18.7. The number of nitro benzene ring substituents is 1. The summed E-state index contributed by atoms with van der Waals surface area (Å²) in [6, 6.07) is 10.1. The van der Waals surface area contributed by atoms with Gasteiger partial charge in [-0.1, -0.05) is 12.1 Å². The maximum atomic E-state index is 12.0. The number of rotatable bonds is 6. The van der Waals surface area contributed by atoms with Gasteiger partial charge in [0.15, 0.2) is 6.23 Å². The first-order valence-electron chi connectivity index (χ1n) is 12.2. The number of nitrogens with one attached hydrogen (secondary N) is 1. The van der Waals surface area contributed by atoms with Crippen LogP contribution >= 0.6 is 0 Å². The number of hydrogen-bond acceptors (Lipinski definition) is 6. The molecule has 1 aromatic heterocycles. The maximum absolute atomic E-state index is 12.0. The molecule has 0 radical (unpaired) electrons. The molecule has 1 atom stereocenters. The second-order valence-corrected chi connectivity index (χ2v) is 10.1. The van der Waals surface area contributed by atoms with Crippen LogP contribution in [0.15, 0.2) is 36.5 Å². The second-order valence-electron chi connectivity index (χ2n) is 10.1. The van der Waals surface area contributed by atoms with Crippen molar-refractivity contribution in [2.45, 2.75) is 71.8 Å². The fraction of sp³-hybridized carbons (Fsp3) is 0.444. The van der Waals surface area contributed by atoms with E-state index in [4.69, 9.17) is 9.47 Å². The van der Waals surface area contributed by atoms with Crippen molar-refractivity contribution in [3.8, 4) is 17.0 Å². The van der Waals surface area contributed by atoms with Gasteiger partial charge in [0.05, 0.1) is 16.2 Å². The molecule has 0 bridgehead atoms. The predicted molar refractivity (Wildman–Crippen MR) is 135 cm³/mol. The van der Waals surface area contributed by atoms with E-state index >= 15 is 0 Å². The van der Waals surface area contributed by atoms with E-state index in [-0.39, 0.29) is 22.4 Å². The van der Waals surface area contributed by atoms with Gasteiger partial charge in [0.2, 0.25) is 0 Å². The molecule has 1 unspecified atom stereocenters. The summed E-state index contributed by atoms with van der Waals surface area (Å²) in [5.74, 6) is 0.795. The number of ether oxygens (including phenoxy) is 2. The molecule has 35 heavy (non-hydrogen) atoms. The van der Waals surface area contributed by atoms with E-state index in [0.717, 1.165) is 59.7 Å². The standard InChI is InChI=1S/C27H32N4O4/c1-17-18(2)26-21(15-27(3,4)35-26)22(25(17)31(32)33)16-28-20-10-8-19(9-11-20)23-12-13-29-30(23)24-7-5-6-14-34-24/h8-13,24,28H,5-7,14-16H2,1-4H3. The number of benzene rings is 2. The van der Waals surface area contributed by atoms with Gasteiger partial charge in [0.25, 0.3) is 5.69 Å². The molecule has 8 nitrogen and oxygen atoms in total. The molecule has 3 heterocycles. The first-order valence-corrected chi connectivity index (χ1v) is 12.2. The van der Waals surface area contributed by atoms with Crippen LogP contribution in [0.3, 0.4) is 0 Å². The van der Waals surface area contributed by atoms with Crippen molar-refractivity contribution >= 4 is 11.4 Å². The molecule has 0 amide bonds. The first kappa shape index (κ1) is 23.4. The number of hydrogen-bond donors (Lipinski definition) is 1. The number of nitrogens with zero attached hydrogens (tertiary/aromatic N) is 3. The average molecular weight is 477 g/mol. The Morgan fingerprint density at radius 1 is 1.17 bits per heavy atom. The smallest absolute Gasteiger partial charge is 0.278 e. The van der Waals surface area contributed by atoms with Crippen LogP contribution in [0.5, 0.6) is 5.75 Å². The van der Waals surface area contributed by atoms with E-state index in [0.29, 0.717) is 24.1 Å². The molecule has 3 aromatic rings. The van der Waals surface area contributed by atoms with Crippen LogP contribution < -0.4 is 10.1 Å². The van der Waals surface area contributed by atoms with Crippen molar-refractivity contribution in [3.63, 3.8) is 0 Å². The highest BCUT2D eigenvalue weighted by Crippen LogP contribution is 2.45. The predicted octanol–water partition coefficient (Wildman–Crippen LogP) is 6.10. The molecular formula is C27H32N4O4. The number of nitro groups is 1. The zero-order valence-electron chi connectivity index (χ0n) is 20.8. The molecule has 5 rings (SSSR count). The quantitative estimate of drug-likeness (QED) is 0.341. The molecule has 8 heteroatoms. The second kappa shape index (κ2) is 9.00. The highest BCUT2D eigenvalue weighted by molar-refractivity contribution is 5.66. The van der Waals surface area contributed by atoms with Gasteiger partial charge in [-0.25, -0.2) is 4.68 Å². The van der Waals surface area contributed by atoms with Gasteiger partial charge in [0.1, 0.15) is 11.4 Å². The Balaban J connectivity index is 1.39. The zero-order valence-corrected chi connectivity index (χ0v) is 20.8. The summed E-state index contributed by atoms with van der Waals surface area (Å²) in [5.41, 5.74) is 5.93. The summed E-state index contributed by atoms with van der Waals surface area (Å²) >= 11 is 0. The molecule has 184 valence electrons. The van der Waals surface area contributed by atoms with Crippen LogP contribution in [0.25, 0.3) is 11.3 Å². The van der Waals surface area contributed by atoms with Crippen LogP contribution in [-0.4, -0.2) is 26.9 Å². The highest BCUT2D eigenvalue weighted by atomic mass is 16.6. The minimum absolute atomic E-state index is 0.0227. The van der Waals surface area contributed by atoms with Crippen molar-refractivity contribution < 1.29 is 14.4 Å². The lowest BCUT2D eigenvalue weighted by Gasteiger charge is -2.24. The Labute approximate surface area is 205 Å². The van der Waals surface area contributed by atoms with Crippen LogP contribution in [0.1, 0.15) is 61.6 Å². The molecule has 2 aromatic carbocycles. The Morgan fingerprint density at radius 3 is 2.63 bits per heavy atom. The van der Waals surface area contributed by atoms with Crippen molar-refractivity contribution in [2.75, 3.05) is 11.9 Å². The van der Waals surface area contributed by atoms with Gasteiger partial charge >= 0.3 is 0 Å². The SMILES string of the molecule is Cc1c(C)c([N+](=O)[O-])c(CNc2ccc(-c3ccnn3C3CCCCO3)cc2)c2c1OC(C)(C)C2. The van der Waals surface area contributed by atoms with Crippen molar-refractivity contribution in [1.82, 2.24) is 9.78 Å². The van der Waals surface area contributed by atoms with Gasteiger partial charge in [-0.15, -0.1) is 0 Å². The lowest BCUT2D eigenvalue weighted by molar-refractivity contribution is -0.386. The Kier molecular flexibility index (Phi) is 6.01. The van der Waals surface area contributed by atoms with Crippen molar-refractivity contribution in [2.24, 2.45) is 0 Å². The summed E-state index contributed by atoms with van der Waals surface area (Å²) in [6.45, 7) is 8.87. The van der Waals surface area contributed by atoms with E-state index in [9.17, 15) is 10.1 Å². The molecule has 0 spiro atoms. The number of fused-ring (bicyclic) bond motifs is 1. The highest BCUT2D eigenvalue weighted by Gasteiger charge is 2.38. The van der Waals surface area contributed by atoms with Crippen LogP contribution in [0.4, 0.5) is 11.4 Å². The fourth-order valence-corrected chi connectivity index (χ4v) is 5.22. The van der Waals surface area contributed by atoms with Gasteiger partial charge < -0.3 is 14.8 Å². The Hall–Kier alpha value is -3.39. The average Bonchev–Trinajstić information content (AvgIpc) is 3.45. The van der Waals surface area contributed by atoms with Crippen molar-refractivity contribution in [1.29, 1.82) is 0 Å². The van der Waals surface area contributed by atoms with Crippen LogP contribution in [-0.2, 0) is 17.7 Å². The minimum Gasteiger partial charge on any atom is -0.487 e. The van der Waals surface area contributed by atoms with E-state index in [1.807, 2.05) is 62.0 Å². The molecule has 0 aliphatic carbocycles. The van der Waals surface area contributed by atoms with Gasteiger partial charge in [0, 0.05) is 53.7 Å². The largest absolute Gasteiger partial charge is 0.487 e. The number of anilines is 1. The van der Waals surface area contributed by atoms with E-state index in [2.05, 4.69) is 10.4 Å². The summed E-state index contributed by atoms with van der Waals surface area (Å²) in [6.07, 6.45) is 5.64. The van der Waals surface area contributed by atoms with E-state index < -0.39 is 0 Å². The van der Waals surface area contributed by atoms with Gasteiger partial charge in [-0.05, 0) is 65.2 Å². The Bertz CT molecular complexity index is 1260. The van der Waals surface area contributed by atoms with Crippen molar-refractivity contribution in [3.05, 3.63) is 68.9 Å². The topological polar surface area (TPSA) is 91.5 Å². The Morgan fingerprint density at radius 2 is 1.94 bits per heavy atom. The molecule has 0 saturated carbocycles. The summed E-state index contributed by atoms with van der Waals surface area (Å²) < 4.78 is 14.1. The molecule has 2 aliphatic rings. The summed E-state index contributed by atoms with van der Waals surface area (Å²) in [7, 11) is 0. The summed E-state index contributed by atoms with van der Waals surface area (Å²) in [4.78, 5) is 11.8. The van der Waals surface area contributed by atoms with Crippen LogP contribution in [0, 0.1) is 24.0 Å². The maximum Gasteiger partial charge on any atom is 0.278 e. The lowest BCUT2D eigenvalue weighted by Crippen LogP contribution is -2.25. The minimum atomic E-state index is -0.379. The van der Waals surface area contributed by atoms with E-state index in [1.54, 1.807) is 6.92 Å². The van der Waals surface area contributed by atoms with Gasteiger partial charge in [-0.3, -0.25) is 10.1 Å².